The maximum absolute atomic E-state index is 13.2. The highest BCUT2D eigenvalue weighted by Gasteiger charge is 2.25. The van der Waals surface area contributed by atoms with Crippen LogP contribution in [0.2, 0.25) is 0 Å². The van der Waals surface area contributed by atoms with Gasteiger partial charge in [-0.1, -0.05) is 6.07 Å². The molecule has 18 heavy (non-hydrogen) atoms. The van der Waals surface area contributed by atoms with E-state index in [1.807, 2.05) is 18.0 Å². The van der Waals surface area contributed by atoms with Crippen molar-refractivity contribution in [1.82, 2.24) is 14.7 Å². The lowest BCUT2D eigenvalue weighted by atomic mass is 10.1. The van der Waals surface area contributed by atoms with Crippen LogP contribution in [0, 0.1) is 11.2 Å². The summed E-state index contributed by atoms with van der Waals surface area (Å²) >= 11 is 0. The van der Waals surface area contributed by atoms with Crippen LogP contribution in [-0.2, 0) is 20.1 Å². The minimum atomic E-state index is -0.291. The van der Waals surface area contributed by atoms with Gasteiger partial charge in [0.1, 0.15) is 11.7 Å². The third kappa shape index (κ3) is 1.68. The van der Waals surface area contributed by atoms with Gasteiger partial charge >= 0.3 is 0 Å². The van der Waals surface area contributed by atoms with E-state index in [-0.39, 0.29) is 5.82 Å². The van der Waals surface area contributed by atoms with Gasteiger partial charge in [-0.2, -0.15) is 5.10 Å². The molecule has 2 aromatic rings. The van der Waals surface area contributed by atoms with Crippen LogP contribution >= 0.6 is 0 Å². The normalized spacial score (nSPS) is 14.1. The molecule has 0 saturated carbocycles. The summed E-state index contributed by atoms with van der Waals surface area (Å²) in [6, 6.07) is 6.56. The molecule has 0 atom stereocenters. The van der Waals surface area contributed by atoms with Gasteiger partial charge in [-0.3, -0.25) is 10.1 Å². The van der Waals surface area contributed by atoms with E-state index in [9.17, 15) is 4.39 Å². The molecule has 0 unspecified atom stereocenters. The predicted molar refractivity (Wildman–Crippen MR) is 65.7 cm³/mol. The lowest BCUT2D eigenvalue weighted by molar-refractivity contribution is 0.406. The fourth-order valence-corrected chi connectivity index (χ4v) is 2.25. The number of fused-ring (bicyclic) bond motifs is 1. The summed E-state index contributed by atoms with van der Waals surface area (Å²) in [6.45, 7) is 1.27. The van der Waals surface area contributed by atoms with Gasteiger partial charge in [-0.05, 0) is 23.8 Å². The zero-order valence-corrected chi connectivity index (χ0v) is 10.0. The Morgan fingerprint density at radius 1 is 1.39 bits per heavy atom. The summed E-state index contributed by atoms with van der Waals surface area (Å²) in [5.74, 6) is 0.0894. The van der Waals surface area contributed by atoms with Crippen molar-refractivity contribution >= 4 is 5.84 Å². The molecule has 0 spiro atoms. The Bertz CT molecular complexity index is 617. The van der Waals surface area contributed by atoms with Gasteiger partial charge in [0, 0.05) is 25.4 Å². The molecule has 0 amide bonds. The summed E-state index contributed by atoms with van der Waals surface area (Å²) in [4.78, 5) is 1.92. The van der Waals surface area contributed by atoms with E-state index in [1.165, 1.54) is 12.1 Å². The molecule has 3 rings (SSSR count). The van der Waals surface area contributed by atoms with E-state index < -0.39 is 0 Å². The van der Waals surface area contributed by atoms with Crippen molar-refractivity contribution in [1.29, 1.82) is 5.41 Å². The Labute approximate surface area is 104 Å². The van der Waals surface area contributed by atoms with Crippen LogP contribution in [0.3, 0.4) is 0 Å². The predicted octanol–water partition coefficient (Wildman–Crippen LogP) is 1.90. The third-order valence-corrected chi connectivity index (χ3v) is 3.28. The number of hydrogen-bond acceptors (Lipinski definition) is 2. The van der Waals surface area contributed by atoms with Gasteiger partial charge in [-0.15, -0.1) is 0 Å². The minimum Gasteiger partial charge on any atom is -0.346 e. The summed E-state index contributed by atoms with van der Waals surface area (Å²) < 4.78 is 15.0. The molecule has 0 bridgehead atoms. The van der Waals surface area contributed by atoms with E-state index in [0.29, 0.717) is 24.5 Å². The first-order valence-corrected chi connectivity index (χ1v) is 5.74. The monoisotopic (exact) mass is 244 g/mol. The Hall–Kier alpha value is -2.17. The first-order valence-electron chi connectivity index (χ1n) is 5.74. The summed E-state index contributed by atoms with van der Waals surface area (Å²) in [6.07, 6.45) is 1.74. The lowest BCUT2D eigenvalue weighted by Crippen LogP contribution is -2.24. The van der Waals surface area contributed by atoms with Crippen molar-refractivity contribution in [3.05, 3.63) is 53.1 Å². The number of nitrogens with zero attached hydrogens (tertiary/aromatic N) is 3. The summed E-state index contributed by atoms with van der Waals surface area (Å²) in [5, 5.41) is 12.2. The average Bonchev–Trinajstić information content (AvgIpc) is 2.87. The van der Waals surface area contributed by atoms with E-state index in [4.69, 9.17) is 5.41 Å². The Morgan fingerprint density at radius 3 is 2.94 bits per heavy atom. The molecule has 4 nitrogen and oxygen atoms in total. The number of aryl methyl sites for hydroxylation is 1. The topological polar surface area (TPSA) is 44.9 Å². The van der Waals surface area contributed by atoms with Crippen molar-refractivity contribution in [3.8, 4) is 0 Å². The Kier molecular flexibility index (Phi) is 2.40. The molecule has 1 aliphatic heterocycles. The number of nitrogens with one attached hydrogen (secondary N) is 1. The molecule has 1 aromatic carbocycles. The molecular weight excluding hydrogens is 231 g/mol. The number of amidine groups is 1. The smallest absolute Gasteiger partial charge is 0.129 e. The number of halogens is 1. The van der Waals surface area contributed by atoms with E-state index in [0.717, 1.165) is 11.3 Å². The maximum atomic E-state index is 13.2. The molecule has 1 aromatic heterocycles. The SMILES string of the molecule is Cn1nccc1CN1Cc2ccc(F)cc2C1=N. The van der Waals surface area contributed by atoms with E-state index in [2.05, 4.69) is 5.10 Å². The molecule has 2 heterocycles. The van der Waals surface area contributed by atoms with Gasteiger partial charge in [-0.25, -0.2) is 4.39 Å². The zero-order chi connectivity index (χ0) is 12.7. The fourth-order valence-electron chi connectivity index (χ4n) is 2.25. The molecule has 1 N–H and O–H groups in total. The number of benzene rings is 1. The quantitative estimate of drug-likeness (QED) is 0.877. The summed E-state index contributed by atoms with van der Waals surface area (Å²) in [5.41, 5.74) is 2.73. The van der Waals surface area contributed by atoms with Crippen molar-refractivity contribution < 1.29 is 4.39 Å². The summed E-state index contributed by atoms with van der Waals surface area (Å²) in [7, 11) is 1.88. The van der Waals surface area contributed by atoms with Gasteiger partial charge < -0.3 is 4.90 Å². The largest absolute Gasteiger partial charge is 0.346 e. The van der Waals surface area contributed by atoms with Crippen LogP contribution in [0.15, 0.2) is 30.5 Å². The van der Waals surface area contributed by atoms with E-state index >= 15 is 0 Å². The number of rotatable bonds is 2. The average molecular weight is 244 g/mol. The van der Waals surface area contributed by atoms with Crippen molar-refractivity contribution in [2.45, 2.75) is 13.1 Å². The van der Waals surface area contributed by atoms with Gasteiger partial charge in [0.05, 0.1) is 12.2 Å². The second-order valence-electron chi connectivity index (χ2n) is 4.45. The van der Waals surface area contributed by atoms with Gasteiger partial charge in [0.25, 0.3) is 0 Å². The molecule has 0 saturated heterocycles. The van der Waals surface area contributed by atoms with Crippen LogP contribution in [0.1, 0.15) is 16.8 Å². The molecule has 1 aliphatic rings. The van der Waals surface area contributed by atoms with Crippen LogP contribution in [0.4, 0.5) is 4.39 Å². The molecule has 0 radical (unpaired) electrons. The highest BCUT2D eigenvalue weighted by atomic mass is 19.1. The van der Waals surface area contributed by atoms with Gasteiger partial charge in [0.2, 0.25) is 0 Å². The zero-order valence-electron chi connectivity index (χ0n) is 10.0. The Morgan fingerprint density at radius 2 is 2.22 bits per heavy atom. The highest BCUT2D eigenvalue weighted by Crippen LogP contribution is 2.24. The molecule has 0 aliphatic carbocycles. The Balaban J connectivity index is 1.87. The number of aromatic nitrogens is 2. The first kappa shape index (κ1) is 11.0. The van der Waals surface area contributed by atoms with Crippen LogP contribution in [0.25, 0.3) is 0 Å². The van der Waals surface area contributed by atoms with Crippen molar-refractivity contribution in [2.24, 2.45) is 7.05 Å². The molecular formula is C13H13FN4. The minimum absolute atomic E-state index is 0.291. The van der Waals surface area contributed by atoms with Crippen LogP contribution < -0.4 is 0 Å². The second-order valence-corrected chi connectivity index (χ2v) is 4.45. The highest BCUT2D eigenvalue weighted by molar-refractivity contribution is 6.00. The number of hydrogen-bond donors (Lipinski definition) is 1. The maximum Gasteiger partial charge on any atom is 0.129 e. The molecule has 92 valence electrons. The van der Waals surface area contributed by atoms with Crippen LogP contribution in [-0.4, -0.2) is 20.5 Å². The standard InChI is InChI=1S/C13H13FN4/c1-17-11(4-5-16-17)8-18-7-9-2-3-10(14)6-12(9)13(18)15/h2-6,15H,7-8H2,1H3. The van der Waals surface area contributed by atoms with Gasteiger partial charge in [0.15, 0.2) is 0 Å². The fraction of sp³-hybridized carbons (Fsp3) is 0.231. The second kappa shape index (κ2) is 3.94. The van der Waals surface area contributed by atoms with Crippen molar-refractivity contribution in [3.63, 3.8) is 0 Å². The van der Waals surface area contributed by atoms with E-state index in [1.54, 1.807) is 16.9 Å². The van der Waals surface area contributed by atoms with Crippen molar-refractivity contribution in [2.75, 3.05) is 0 Å². The molecule has 5 heteroatoms. The third-order valence-electron chi connectivity index (χ3n) is 3.28. The molecule has 0 fully saturated rings. The lowest BCUT2D eigenvalue weighted by Gasteiger charge is -2.17. The first-order chi connectivity index (χ1) is 8.65. The van der Waals surface area contributed by atoms with Crippen LogP contribution in [0.5, 0.6) is 0 Å².